The monoisotopic (exact) mass is 302 g/mol. The van der Waals surface area contributed by atoms with Gasteiger partial charge in [-0.05, 0) is 37.6 Å². The van der Waals surface area contributed by atoms with Crippen LogP contribution in [0.15, 0.2) is 22.7 Å². The van der Waals surface area contributed by atoms with Crippen LogP contribution in [0.25, 0.3) is 0 Å². The summed E-state index contributed by atoms with van der Waals surface area (Å²) in [4.78, 5) is 0. The average molecular weight is 304 g/mol. The Bertz CT molecular complexity index is 351. The molecular formula is C12H16BrClN2. The first-order chi connectivity index (χ1) is 7.75. The van der Waals surface area contributed by atoms with Crippen molar-refractivity contribution >= 4 is 33.2 Å². The van der Waals surface area contributed by atoms with Crippen molar-refractivity contribution in [3.05, 3.63) is 27.7 Å². The largest absolute Gasteiger partial charge is 0.382 e. The molecule has 0 aliphatic carbocycles. The lowest BCUT2D eigenvalue weighted by Crippen LogP contribution is -2.39. The normalized spacial score (nSPS) is 20.8. The summed E-state index contributed by atoms with van der Waals surface area (Å²) in [7, 11) is 0. The molecule has 0 saturated carbocycles. The van der Waals surface area contributed by atoms with Crippen molar-refractivity contribution in [3.8, 4) is 0 Å². The van der Waals surface area contributed by atoms with E-state index in [0.29, 0.717) is 6.04 Å². The number of piperidine rings is 1. The molecular weight excluding hydrogens is 288 g/mol. The Balaban J connectivity index is 1.88. The second kappa shape index (κ2) is 5.89. The molecule has 1 heterocycles. The van der Waals surface area contributed by atoms with Crippen LogP contribution in [-0.4, -0.2) is 19.1 Å². The van der Waals surface area contributed by atoms with Crippen molar-refractivity contribution in [1.29, 1.82) is 0 Å². The zero-order valence-electron chi connectivity index (χ0n) is 9.10. The molecule has 2 N–H and O–H groups in total. The maximum Gasteiger partial charge on any atom is 0.0648 e. The number of anilines is 1. The Morgan fingerprint density at radius 2 is 2.31 bits per heavy atom. The Labute approximate surface area is 110 Å². The molecule has 4 heteroatoms. The van der Waals surface area contributed by atoms with E-state index in [4.69, 9.17) is 11.6 Å². The molecule has 0 amide bonds. The highest BCUT2D eigenvalue weighted by atomic mass is 79.9. The lowest BCUT2D eigenvalue weighted by atomic mass is 10.1. The van der Waals surface area contributed by atoms with Crippen molar-refractivity contribution in [2.24, 2.45) is 0 Å². The third-order valence-corrected chi connectivity index (χ3v) is 3.69. The second-order valence-corrected chi connectivity index (χ2v) is 5.47. The molecule has 1 aromatic rings. The van der Waals surface area contributed by atoms with Gasteiger partial charge in [0.25, 0.3) is 0 Å². The lowest BCUT2D eigenvalue weighted by Gasteiger charge is -2.24. The molecule has 1 fully saturated rings. The van der Waals surface area contributed by atoms with Crippen LogP contribution in [0, 0.1) is 0 Å². The highest BCUT2D eigenvalue weighted by Crippen LogP contribution is 2.25. The molecule has 0 aromatic heterocycles. The zero-order chi connectivity index (χ0) is 11.4. The van der Waals surface area contributed by atoms with Crippen LogP contribution in [0.3, 0.4) is 0 Å². The minimum atomic E-state index is 0.577. The van der Waals surface area contributed by atoms with Gasteiger partial charge in [0.2, 0.25) is 0 Å². The van der Waals surface area contributed by atoms with Crippen LogP contribution in [-0.2, 0) is 0 Å². The molecule has 2 nitrogen and oxygen atoms in total. The van der Waals surface area contributed by atoms with Crippen LogP contribution in [0.1, 0.15) is 19.3 Å². The van der Waals surface area contributed by atoms with Crippen molar-refractivity contribution in [1.82, 2.24) is 5.32 Å². The summed E-state index contributed by atoms with van der Waals surface area (Å²) in [6.45, 7) is 2.09. The molecule has 0 bridgehead atoms. The van der Waals surface area contributed by atoms with Crippen molar-refractivity contribution in [2.45, 2.75) is 25.3 Å². The molecule has 2 rings (SSSR count). The number of halogens is 2. The van der Waals surface area contributed by atoms with Gasteiger partial charge in [-0.2, -0.15) is 0 Å². The summed E-state index contributed by atoms with van der Waals surface area (Å²) in [6.07, 6.45) is 3.88. The van der Waals surface area contributed by atoms with E-state index in [9.17, 15) is 0 Å². The fourth-order valence-electron chi connectivity index (χ4n) is 1.96. The molecule has 0 spiro atoms. The lowest BCUT2D eigenvalue weighted by molar-refractivity contribution is 0.414. The first-order valence-corrected chi connectivity index (χ1v) is 6.85. The Morgan fingerprint density at radius 1 is 1.44 bits per heavy atom. The zero-order valence-corrected chi connectivity index (χ0v) is 11.4. The first kappa shape index (κ1) is 12.2. The fourth-order valence-corrected chi connectivity index (χ4v) is 2.70. The third kappa shape index (κ3) is 3.37. The molecule has 1 saturated heterocycles. The van der Waals surface area contributed by atoms with Crippen molar-refractivity contribution < 1.29 is 0 Å². The predicted molar refractivity (Wildman–Crippen MR) is 73.3 cm³/mol. The van der Waals surface area contributed by atoms with Gasteiger partial charge in [0.05, 0.1) is 10.7 Å². The second-order valence-electron chi connectivity index (χ2n) is 4.15. The Morgan fingerprint density at radius 3 is 3.00 bits per heavy atom. The van der Waals surface area contributed by atoms with E-state index in [2.05, 4.69) is 26.6 Å². The Kier molecular flexibility index (Phi) is 4.50. The van der Waals surface area contributed by atoms with Crippen molar-refractivity contribution in [3.63, 3.8) is 0 Å². The van der Waals surface area contributed by atoms with Crippen LogP contribution in [0.4, 0.5) is 5.69 Å². The summed E-state index contributed by atoms with van der Waals surface area (Å²) in [6, 6.07) is 6.50. The van der Waals surface area contributed by atoms with E-state index in [-0.39, 0.29) is 0 Å². The number of hydrogen-bond acceptors (Lipinski definition) is 2. The highest BCUT2D eigenvalue weighted by molar-refractivity contribution is 9.10. The third-order valence-electron chi connectivity index (χ3n) is 2.88. The predicted octanol–water partition coefficient (Wildman–Crippen LogP) is 3.66. The molecule has 1 aromatic carbocycles. The van der Waals surface area contributed by atoms with Crippen LogP contribution < -0.4 is 10.6 Å². The molecule has 88 valence electrons. The summed E-state index contributed by atoms with van der Waals surface area (Å²) in [5.41, 5.74) is 1.01. The number of nitrogens with one attached hydrogen (secondary N) is 2. The van der Waals surface area contributed by atoms with Gasteiger partial charge in [-0.1, -0.05) is 34.0 Å². The van der Waals surface area contributed by atoms with E-state index in [1.54, 1.807) is 0 Å². The van der Waals surface area contributed by atoms with Gasteiger partial charge in [-0.15, -0.1) is 0 Å². The molecule has 1 aliphatic rings. The fraction of sp³-hybridized carbons (Fsp3) is 0.500. The highest BCUT2D eigenvalue weighted by Gasteiger charge is 2.12. The van der Waals surface area contributed by atoms with E-state index in [0.717, 1.165) is 28.3 Å². The van der Waals surface area contributed by atoms with E-state index < -0.39 is 0 Å². The Hall–Kier alpha value is -0.250. The SMILES string of the molecule is Clc1cc(Br)ccc1NCC1CCCCN1. The van der Waals surface area contributed by atoms with Gasteiger partial charge in [0, 0.05) is 17.1 Å². The standard InChI is InChI=1S/C12H16BrClN2/c13-9-4-5-12(11(14)7-9)16-8-10-3-1-2-6-15-10/h4-5,7,10,15-16H,1-3,6,8H2. The van der Waals surface area contributed by atoms with Gasteiger partial charge >= 0.3 is 0 Å². The summed E-state index contributed by atoms with van der Waals surface area (Å²) < 4.78 is 1.01. The summed E-state index contributed by atoms with van der Waals surface area (Å²) >= 11 is 9.53. The van der Waals surface area contributed by atoms with E-state index in [1.807, 2.05) is 18.2 Å². The van der Waals surface area contributed by atoms with Crippen LogP contribution in [0.2, 0.25) is 5.02 Å². The molecule has 1 aliphatic heterocycles. The van der Waals surface area contributed by atoms with Gasteiger partial charge < -0.3 is 10.6 Å². The van der Waals surface area contributed by atoms with Crippen LogP contribution in [0.5, 0.6) is 0 Å². The smallest absolute Gasteiger partial charge is 0.0648 e. The molecule has 0 radical (unpaired) electrons. The van der Waals surface area contributed by atoms with Gasteiger partial charge in [-0.3, -0.25) is 0 Å². The van der Waals surface area contributed by atoms with Gasteiger partial charge in [-0.25, -0.2) is 0 Å². The number of rotatable bonds is 3. The van der Waals surface area contributed by atoms with E-state index in [1.165, 1.54) is 19.3 Å². The number of benzene rings is 1. The van der Waals surface area contributed by atoms with Crippen LogP contribution >= 0.6 is 27.5 Å². The minimum Gasteiger partial charge on any atom is -0.382 e. The van der Waals surface area contributed by atoms with Gasteiger partial charge in [0.15, 0.2) is 0 Å². The first-order valence-electron chi connectivity index (χ1n) is 5.68. The summed E-state index contributed by atoms with van der Waals surface area (Å²) in [5, 5.41) is 7.67. The molecule has 1 unspecified atom stereocenters. The molecule has 16 heavy (non-hydrogen) atoms. The summed E-state index contributed by atoms with van der Waals surface area (Å²) in [5.74, 6) is 0. The quantitative estimate of drug-likeness (QED) is 0.890. The van der Waals surface area contributed by atoms with Crippen molar-refractivity contribution in [2.75, 3.05) is 18.4 Å². The maximum atomic E-state index is 6.13. The molecule has 1 atom stereocenters. The number of hydrogen-bond donors (Lipinski definition) is 2. The minimum absolute atomic E-state index is 0.577. The topological polar surface area (TPSA) is 24.1 Å². The van der Waals surface area contributed by atoms with E-state index >= 15 is 0 Å². The van der Waals surface area contributed by atoms with Gasteiger partial charge in [0.1, 0.15) is 0 Å². The average Bonchev–Trinajstić information content (AvgIpc) is 2.29. The maximum absolute atomic E-state index is 6.13.